The van der Waals surface area contributed by atoms with Gasteiger partial charge in [0.1, 0.15) is 16.8 Å². The molecule has 0 spiro atoms. The van der Waals surface area contributed by atoms with E-state index in [1.807, 2.05) is 30.3 Å². The molecular weight excluding hydrogens is 393 g/mol. The monoisotopic (exact) mass is 415 g/mol. The third kappa shape index (κ3) is 4.65. The molecule has 3 heterocycles. The maximum absolute atomic E-state index is 6.24. The molecule has 0 unspecified atom stereocenters. The predicted molar refractivity (Wildman–Crippen MR) is 117 cm³/mol. The Labute approximate surface area is 175 Å². The Balaban J connectivity index is 1.37. The van der Waals surface area contributed by atoms with Gasteiger partial charge in [0.15, 0.2) is 0 Å². The maximum Gasteiger partial charge on any atom is 0.134 e. The molecule has 0 bridgehead atoms. The molecule has 1 aromatic carbocycles. The van der Waals surface area contributed by atoms with Crippen LogP contribution in [0.25, 0.3) is 10.9 Å². The molecular formula is C21H23Cl2N5. The van der Waals surface area contributed by atoms with Crippen LogP contribution in [0.2, 0.25) is 10.2 Å². The van der Waals surface area contributed by atoms with Crippen molar-refractivity contribution < 1.29 is 0 Å². The first-order valence-electron chi connectivity index (χ1n) is 9.75. The summed E-state index contributed by atoms with van der Waals surface area (Å²) in [5, 5.41) is 5.77. The van der Waals surface area contributed by atoms with Crippen LogP contribution in [-0.4, -0.2) is 34.6 Å². The molecule has 3 aromatic rings. The van der Waals surface area contributed by atoms with Gasteiger partial charge in [0.2, 0.25) is 0 Å². The minimum atomic E-state index is 0.524. The SMILES string of the molecule is Clc1ccc2c(NCCCc3nc(Cl)cc(N4CCCCC4)n3)ccnc2c1. The zero-order chi connectivity index (χ0) is 19.3. The number of nitrogens with zero attached hydrogens (tertiary/aromatic N) is 4. The van der Waals surface area contributed by atoms with Crippen LogP contribution in [0.5, 0.6) is 0 Å². The third-order valence-corrected chi connectivity index (χ3v) is 5.43. The standard InChI is InChI=1S/C21H23Cl2N5/c22-15-6-7-16-17(8-10-25-18(16)13-15)24-9-4-5-20-26-19(23)14-21(27-20)28-11-2-1-3-12-28/h6-8,10,13-14H,1-5,9,11-12H2,(H,24,25). The van der Waals surface area contributed by atoms with Crippen molar-refractivity contribution in [3.8, 4) is 0 Å². The minimum Gasteiger partial charge on any atom is -0.384 e. The molecule has 1 aliphatic heterocycles. The fraction of sp³-hybridized carbons (Fsp3) is 0.381. The van der Waals surface area contributed by atoms with Gasteiger partial charge < -0.3 is 10.2 Å². The Morgan fingerprint density at radius 2 is 1.86 bits per heavy atom. The average molecular weight is 416 g/mol. The second kappa shape index (κ2) is 8.93. The zero-order valence-electron chi connectivity index (χ0n) is 15.7. The Morgan fingerprint density at radius 3 is 2.71 bits per heavy atom. The number of rotatable bonds is 6. The lowest BCUT2D eigenvalue weighted by molar-refractivity contribution is 0.571. The van der Waals surface area contributed by atoms with Crippen molar-refractivity contribution in [1.29, 1.82) is 0 Å². The average Bonchev–Trinajstić information content (AvgIpc) is 2.71. The normalized spacial score (nSPS) is 14.4. The van der Waals surface area contributed by atoms with Crippen LogP contribution < -0.4 is 10.2 Å². The van der Waals surface area contributed by atoms with E-state index in [0.717, 1.165) is 60.7 Å². The van der Waals surface area contributed by atoms with Gasteiger partial charge in [-0.25, -0.2) is 9.97 Å². The van der Waals surface area contributed by atoms with Gasteiger partial charge in [-0.2, -0.15) is 0 Å². The van der Waals surface area contributed by atoms with Crippen LogP contribution in [0.15, 0.2) is 36.5 Å². The van der Waals surface area contributed by atoms with Gasteiger partial charge in [0.05, 0.1) is 5.52 Å². The first-order valence-corrected chi connectivity index (χ1v) is 10.5. The molecule has 2 aromatic heterocycles. The fourth-order valence-electron chi connectivity index (χ4n) is 3.59. The molecule has 1 fully saturated rings. The van der Waals surface area contributed by atoms with E-state index < -0.39 is 0 Å². The number of piperidine rings is 1. The van der Waals surface area contributed by atoms with Crippen LogP contribution in [0.1, 0.15) is 31.5 Å². The number of fused-ring (bicyclic) bond motifs is 1. The van der Waals surface area contributed by atoms with Crippen LogP contribution in [0, 0.1) is 0 Å². The molecule has 5 nitrogen and oxygen atoms in total. The first-order chi connectivity index (χ1) is 13.7. The smallest absolute Gasteiger partial charge is 0.134 e. The second-order valence-corrected chi connectivity index (χ2v) is 7.89. The number of halogens is 2. The van der Waals surface area contributed by atoms with E-state index in [2.05, 4.69) is 20.2 Å². The lowest BCUT2D eigenvalue weighted by Gasteiger charge is -2.27. The summed E-state index contributed by atoms with van der Waals surface area (Å²) in [5.41, 5.74) is 1.95. The molecule has 146 valence electrons. The largest absolute Gasteiger partial charge is 0.384 e. The number of aromatic nitrogens is 3. The summed E-state index contributed by atoms with van der Waals surface area (Å²) in [7, 11) is 0. The summed E-state index contributed by atoms with van der Waals surface area (Å²) >= 11 is 12.3. The van der Waals surface area contributed by atoms with E-state index in [9.17, 15) is 0 Å². The van der Waals surface area contributed by atoms with E-state index >= 15 is 0 Å². The van der Waals surface area contributed by atoms with Gasteiger partial charge in [-0.05, 0) is 49.9 Å². The molecule has 1 N–H and O–H groups in total. The van der Waals surface area contributed by atoms with Gasteiger partial charge in [-0.1, -0.05) is 23.2 Å². The Morgan fingerprint density at radius 1 is 1.00 bits per heavy atom. The molecule has 28 heavy (non-hydrogen) atoms. The molecule has 0 saturated carbocycles. The van der Waals surface area contributed by atoms with E-state index in [0.29, 0.717) is 10.2 Å². The number of hydrogen-bond donors (Lipinski definition) is 1. The summed E-state index contributed by atoms with van der Waals surface area (Å²) in [6.07, 6.45) is 7.22. The minimum absolute atomic E-state index is 0.524. The third-order valence-electron chi connectivity index (χ3n) is 5.01. The number of benzene rings is 1. The van der Waals surface area contributed by atoms with Gasteiger partial charge >= 0.3 is 0 Å². The van der Waals surface area contributed by atoms with E-state index in [4.69, 9.17) is 28.2 Å². The highest BCUT2D eigenvalue weighted by molar-refractivity contribution is 6.31. The number of anilines is 2. The Bertz CT molecular complexity index is 957. The Hall–Kier alpha value is -2.11. The van der Waals surface area contributed by atoms with Crippen molar-refractivity contribution in [2.24, 2.45) is 0 Å². The lowest BCUT2D eigenvalue weighted by Crippen LogP contribution is -2.30. The van der Waals surface area contributed by atoms with Crippen LogP contribution >= 0.6 is 23.2 Å². The van der Waals surface area contributed by atoms with Crippen molar-refractivity contribution in [3.05, 3.63) is 52.5 Å². The first kappa shape index (κ1) is 19.2. The molecule has 4 rings (SSSR count). The number of aryl methyl sites for hydroxylation is 1. The molecule has 0 radical (unpaired) electrons. The maximum atomic E-state index is 6.24. The number of pyridine rings is 1. The molecule has 7 heteroatoms. The van der Waals surface area contributed by atoms with E-state index in [1.54, 1.807) is 6.20 Å². The topological polar surface area (TPSA) is 53.9 Å². The summed E-state index contributed by atoms with van der Waals surface area (Å²) in [4.78, 5) is 15.8. The van der Waals surface area contributed by atoms with Crippen molar-refractivity contribution in [3.63, 3.8) is 0 Å². The summed E-state index contributed by atoms with van der Waals surface area (Å²) in [6, 6.07) is 9.63. The summed E-state index contributed by atoms with van der Waals surface area (Å²) in [6.45, 7) is 2.91. The van der Waals surface area contributed by atoms with E-state index in [-0.39, 0.29) is 0 Å². The molecule has 0 atom stereocenters. The van der Waals surface area contributed by atoms with Gasteiger partial charge in [0.25, 0.3) is 0 Å². The molecule has 0 aliphatic carbocycles. The summed E-state index contributed by atoms with van der Waals surface area (Å²) in [5.74, 6) is 1.76. The highest BCUT2D eigenvalue weighted by Crippen LogP contribution is 2.24. The van der Waals surface area contributed by atoms with Crippen molar-refractivity contribution in [2.75, 3.05) is 29.9 Å². The number of nitrogens with one attached hydrogen (secondary N) is 1. The second-order valence-electron chi connectivity index (χ2n) is 7.06. The van der Waals surface area contributed by atoms with Crippen molar-refractivity contribution in [1.82, 2.24) is 15.0 Å². The van der Waals surface area contributed by atoms with Crippen molar-refractivity contribution >= 4 is 45.6 Å². The summed E-state index contributed by atoms with van der Waals surface area (Å²) < 4.78 is 0. The van der Waals surface area contributed by atoms with Crippen LogP contribution in [-0.2, 0) is 6.42 Å². The number of hydrogen-bond acceptors (Lipinski definition) is 5. The van der Waals surface area contributed by atoms with E-state index in [1.165, 1.54) is 19.3 Å². The molecule has 0 amide bonds. The van der Waals surface area contributed by atoms with Crippen LogP contribution in [0.4, 0.5) is 11.5 Å². The Kier molecular flexibility index (Phi) is 6.13. The highest BCUT2D eigenvalue weighted by Gasteiger charge is 2.14. The van der Waals surface area contributed by atoms with Gasteiger partial charge in [-0.15, -0.1) is 0 Å². The van der Waals surface area contributed by atoms with Gasteiger partial charge in [-0.3, -0.25) is 4.98 Å². The molecule has 1 saturated heterocycles. The zero-order valence-corrected chi connectivity index (χ0v) is 17.2. The fourth-order valence-corrected chi connectivity index (χ4v) is 3.95. The lowest BCUT2D eigenvalue weighted by atomic mass is 10.1. The van der Waals surface area contributed by atoms with Crippen LogP contribution in [0.3, 0.4) is 0 Å². The van der Waals surface area contributed by atoms with Crippen molar-refractivity contribution in [2.45, 2.75) is 32.1 Å². The highest BCUT2D eigenvalue weighted by atomic mass is 35.5. The predicted octanol–water partition coefficient (Wildman–Crippen LogP) is 5.37. The molecule has 1 aliphatic rings. The van der Waals surface area contributed by atoms with Gasteiger partial charge in [0, 0.05) is 54.4 Å². The quantitative estimate of drug-likeness (QED) is 0.433.